The molecule has 13 heteroatoms. The van der Waals surface area contributed by atoms with E-state index in [2.05, 4.69) is 10.6 Å². The highest BCUT2D eigenvalue weighted by molar-refractivity contribution is 7.97. The molecular formula is C35H40F2N3O7S+. The Labute approximate surface area is 279 Å². The van der Waals surface area contributed by atoms with Gasteiger partial charge in [-0.05, 0) is 61.7 Å². The fourth-order valence-electron chi connectivity index (χ4n) is 5.86. The Morgan fingerprint density at radius 1 is 1.19 bits per heavy atom. The van der Waals surface area contributed by atoms with Gasteiger partial charge in [-0.3, -0.25) is 9.59 Å². The van der Waals surface area contributed by atoms with Gasteiger partial charge in [0, 0.05) is 60.0 Å². The van der Waals surface area contributed by atoms with Gasteiger partial charge in [-0.2, -0.15) is 13.3 Å². The molecule has 1 amide bonds. The monoisotopic (exact) mass is 684 g/mol. The lowest BCUT2D eigenvalue weighted by Gasteiger charge is -2.29. The fourth-order valence-corrected chi connectivity index (χ4v) is 7.79. The van der Waals surface area contributed by atoms with Gasteiger partial charge in [0.25, 0.3) is 5.91 Å². The quantitative estimate of drug-likeness (QED) is 0.0813. The van der Waals surface area contributed by atoms with Gasteiger partial charge in [-0.1, -0.05) is 28.5 Å². The highest BCUT2D eigenvalue weighted by Crippen LogP contribution is 2.34. The van der Waals surface area contributed by atoms with Crippen molar-refractivity contribution in [3.05, 3.63) is 82.9 Å². The summed E-state index contributed by atoms with van der Waals surface area (Å²) < 4.78 is 66.3. The first kappa shape index (κ1) is 35.1. The Bertz CT molecular complexity index is 1710. The van der Waals surface area contributed by atoms with Crippen molar-refractivity contribution < 1.29 is 41.3 Å². The van der Waals surface area contributed by atoms with Gasteiger partial charge in [0.15, 0.2) is 12.6 Å². The van der Waals surface area contributed by atoms with E-state index in [1.54, 1.807) is 67.6 Å². The normalized spacial score (nSPS) is 20.1. The van der Waals surface area contributed by atoms with Crippen LogP contribution < -0.4 is 20.1 Å². The Morgan fingerprint density at radius 3 is 2.73 bits per heavy atom. The van der Waals surface area contributed by atoms with E-state index in [4.69, 9.17) is 19.6 Å². The van der Waals surface area contributed by atoms with Crippen LogP contribution in [-0.4, -0.2) is 52.7 Å². The molecule has 0 bridgehead atoms. The average Bonchev–Trinajstić information content (AvgIpc) is 3.41. The van der Waals surface area contributed by atoms with E-state index >= 15 is 0 Å². The highest BCUT2D eigenvalue weighted by Gasteiger charge is 2.38. The van der Waals surface area contributed by atoms with Crippen LogP contribution in [0.5, 0.6) is 11.5 Å². The van der Waals surface area contributed by atoms with Gasteiger partial charge in [0.05, 0.1) is 12.6 Å². The standard InChI is InChI=1S/C35H39F2N3O7S/c1-22(39-34(42)35(2,36)37)33(25-9-10-26-19-45-21-46-32(26)17-25)47-29-11-12-30(27(16-29)18-38)40-28-7-4-6-24(15-28)31(41)8-3-5-23-13-14-48(43,44)20-23/h4,6-7,9-12,15-18,22-23,33H,3,5,8,13-14,19-21H2,1-2H3,(H3-,38,39,40,42,43,44)/p+1. The molecular weight excluding hydrogens is 644 g/mol. The number of hydrogen-bond acceptors (Lipinski definition) is 8. The molecule has 0 radical (unpaired) electrons. The predicted molar refractivity (Wildman–Crippen MR) is 179 cm³/mol. The van der Waals surface area contributed by atoms with Crippen LogP contribution in [0.15, 0.2) is 60.7 Å². The summed E-state index contributed by atoms with van der Waals surface area (Å²) >= 11 is 0. The van der Waals surface area contributed by atoms with Gasteiger partial charge in [0.1, 0.15) is 29.1 Å². The smallest absolute Gasteiger partial charge is 0.321 e. The zero-order valence-electron chi connectivity index (χ0n) is 26.8. The van der Waals surface area contributed by atoms with Gasteiger partial charge < -0.3 is 30.3 Å². The number of alkyl halides is 2. The van der Waals surface area contributed by atoms with Crippen molar-refractivity contribution in [3.8, 4) is 11.5 Å². The maximum absolute atomic E-state index is 13.8. The molecule has 4 N–H and O–H groups in total. The Balaban J connectivity index is 1.29. The SMILES string of the molecule is CC(NC(=O)C(C)(F)F)C(Oc1ccc(Nc2cccc(C(=O)CCCC3CC[S+](=O)(O)C3)c2)c(C=N)c1)c1ccc2c(c1)OCOC2. The van der Waals surface area contributed by atoms with Crippen LogP contribution >= 0.6 is 0 Å². The summed E-state index contributed by atoms with van der Waals surface area (Å²) in [5, 5.41) is 13.7. The van der Waals surface area contributed by atoms with E-state index in [9.17, 15) is 27.1 Å². The molecule has 256 valence electrons. The lowest BCUT2D eigenvalue weighted by Crippen LogP contribution is -2.46. The van der Waals surface area contributed by atoms with Gasteiger partial charge >= 0.3 is 5.92 Å². The minimum absolute atomic E-state index is 0.0226. The third kappa shape index (κ3) is 9.03. The molecule has 4 atom stereocenters. The molecule has 5 rings (SSSR count). The van der Waals surface area contributed by atoms with E-state index < -0.39 is 34.2 Å². The average molecular weight is 685 g/mol. The van der Waals surface area contributed by atoms with Crippen molar-refractivity contribution in [2.75, 3.05) is 23.6 Å². The summed E-state index contributed by atoms with van der Waals surface area (Å²) in [4.78, 5) is 25.1. The molecule has 2 aliphatic heterocycles. The zero-order valence-corrected chi connectivity index (χ0v) is 27.6. The number of halogens is 2. The van der Waals surface area contributed by atoms with Gasteiger partial charge in [0.2, 0.25) is 10.2 Å². The van der Waals surface area contributed by atoms with E-state index in [0.29, 0.717) is 77.4 Å². The summed E-state index contributed by atoms with van der Waals surface area (Å²) in [7, 11) is -2.69. The first-order valence-electron chi connectivity index (χ1n) is 15.8. The first-order valence-corrected chi connectivity index (χ1v) is 17.6. The largest absolute Gasteiger partial charge is 0.484 e. The second-order valence-corrected chi connectivity index (χ2v) is 14.7. The van der Waals surface area contributed by atoms with Crippen molar-refractivity contribution >= 4 is 39.5 Å². The molecule has 3 aromatic carbocycles. The van der Waals surface area contributed by atoms with E-state index in [0.717, 1.165) is 24.6 Å². The molecule has 2 heterocycles. The van der Waals surface area contributed by atoms with Crippen molar-refractivity contribution in [1.82, 2.24) is 5.32 Å². The van der Waals surface area contributed by atoms with Crippen molar-refractivity contribution in [3.63, 3.8) is 0 Å². The summed E-state index contributed by atoms with van der Waals surface area (Å²) in [6.45, 7) is 2.53. The first-order chi connectivity index (χ1) is 22.8. The summed E-state index contributed by atoms with van der Waals surface area (Å²) in [6.07, 6.45) is 2.69. The van der Waals surface area contributed by atoms with Crippen LogP contribution in [0.3, 0.4) is 0 Å². The maximum Gasteiger partial charge on any atom is 0.321 e. The number of anilines is 2. The number of carbonyl (C=O) groups excluding carboxylic acids is 2. The number of Topliss-reactive ketones (excluding diaryl/α,β-unsaturated/α-hetero) is 1. The Kier molecular flexibility index (Phi) is 10.9. The van der Waals surface area contributed by atoms with E-state index in [1.807, 2.05) is 0 Å². The summed E-state index contributed by atoms with van der Waals surface area (Å²) in [5.74, 6) is -3.31. The summed E-state index contributed by atoms with van der Waals surface area (Å²) in [6, 6.07) is 16.5. The maximum atomic E-state index is 13.8. The molecule has 1 fully saturated rings. The number of carbonyl (C=O) groups is 2. The van der Waals surface area contributed by atoms with Crippen LogP contribution in [0.2, 0.25) is 0 Å². The summed E-state index contributed by atoms with van der Waals surface area (Å²) in [5.41, 5.74) is 3.60. The van der Waals surface area contributed by atoms with Gasteiger partial charge in [-0.15, -0.1) is 0 Å². The predicted octanol–water partition coefficient (Wildman–Crippen LogP) is 6.92. The Morgan fingerprint density at radius 2 is 2.00 bits per heavy atom. The lowest BCUT2D eigenvalue weighted by atomic mass is 9.98. The third-order valence-electron chi connectivity index (χ3n) is 8.45. The van der Waals surface area contributed by atoms with Crippen molar-refractivity contribution in [2.24, 2.45) is 5.92 Å². The fraction of sp³-hybridized carbons (Fsp3) is 0.400. The van der Waals surface area contributed by atoms with Crippen molar-refractivity contribution in [1.29, 1.82) is 5.41 Å². The molecule has 10 nitrogen and oxygen atoms in total. The lowest BCUT2D eigenvalue weighted by molar-refractivity contribution is -0.144. The zero-order chi connectivity index (χ0) is 34.5. The van der Waals surface area contributed by atoms with E-state index in [1.165, 1.54) is 0 Å². The third-order valence-corrected chi connectivity index (χ3v) is 10.3. The minimum atomic E-state index is -3.58. The number of ketones is 1. The number of ether oxygens (including phenoxy) is 3. The van der Waals surface area contributed by atoms with Crippen LogP contribution in [-0.2, 0) is 30.6 Å². The molecule has 0 spiro atoms. The molecule has 4 unspecified atom stereocenters. The van der Waals surface area contributed by atoms with Crippen molar-refractivity contribution in [2.45, 2.75) is 64.2 Å². The van der Waals surface area contributed by atoms with Crippen LogP contribution in [0.25, 0.3) is 0 Å². The van der Waals surface area contributed by atoms with Crippen LogP contribution in [0, 0.1) is 11.3 Å². The number of benzene rings is 3. The number of nitrogens with one attached hydrogen (secondary N) is 3. The minimum Gasteiger partial charge on any atom is -0.484 e. The molecule has 0 aromatic heterocycles. The van der Waals surface area contributed by atoms with Gasteiger partial charge in [-0.25, -0.2) is 0 Å². The molecule has 0 saturated carbocycles. The number of rotatable bonds is 14. The Hall–Kier alpha value is -4.20. The van der Waals surface area contributed by atoms with Crippen LogP contribution in [0.4, 0.5) is 20.2 Å². The van der Waals surface area contributed by atoms with Crippen LogP contribution in [0.1, 0.15) is 72.7 Å². The number of fused-ring (bicyclic) bond motifs is 1. The molecule has 1 saturated heterocycles. The second kappa shape index (κ2) is 14.9. The molecule has 0 aliphatic carbocycles. The number of amides is 1. The van der Waals surface area contributed by atoms with E-state index in [-0.39, 0.29) is 18.5 Å². The topological polar surface area (TPSA) is 147 Å². The number of hydrogen-bond donors (Lipinski definition) is 4. The molecule has 2 aliphatic rings. The second-order valence-electron chi connectivity index (χ2n) is 12.4. The molecule has 48 heavy (non-hydrogen) atoms. The molecule has 3 aromatic rings. The highest BCUT2D eigenvalue weighted by atomic mass is 32.3.